The van der Waals surface area contributed by atoms with Crippen molar-refractivity contribution in [3.8, 4) is 5.75 Å². The second kappa shape index (κ2) is 6.19. The number of carboxylic acid groups (broad SMARTS) is 1. The van der Waals surface area contributed by atoms with Crippen LogP contribution in [0, 0.1) is 0 Å². The summed E-state index contributed by atoms with van der Waals surface area (Å²) < 4.78 is 4.97. The van der Waals surface area contributed by atoms with Crippen LogP contribution in [0.2, 0.25) is 0 Å². The Morgan fingerprint density at radius 3 is 2.72 bits per heavy atom. The second-order valence-electron chi connectivity index (χ2n) is 3.59. The summed E-state index contributed by atoms with van der Waals surface area (Å²) in [5.74, 6) is -2.10. The zero-order chi connectivity index (χ0) is 12.4. The molecule has 1 amide bonds. The molecular weight excluding hydrogens is 249 g/mol. The van der Waals surface area contributed by atoms with E-state index in [4.69, 9.17) is 4.74 Å². The number of morpholine rings is 1. The molecule has 0 spiro atoms. The summed E-state index contributed by atoms with van der Waals surface area (Å²) in [6, 6.07) is 3.89. The summed E-state index contributed by atoms with van der Waals surface area (Å²) in [5, 5.41) is 20.1. The smallest absolute Gasteiger partial charge is 0.545 e. The first-order valence-electron chi connectivity index (χ1n) is 5.02. The maximum atomic E-state index is 11.5. The van der Waals surface area contributed by atoms with Crippen LogP contribution in [0.3, 0.4) is 0 Å². The molecule has 1 aliphatic heterocycles. The topological polar surface area (TPSA) is 89.9 Å². The molecule has 1 N–H and O–H groups in total. The van der Waals surface area contributed by atoms with Gasteiger partial charge in [-0.15, -0.1) is 0 Å². The van der Waals surface area contributed by atoms with Crippen molar-refractivity contribution in [1.29, 1.82) is 0 Å². The predicted molar refractivity (Wildman–Crippen MR) is 55.6 cm³/mol. The van der Waals surface area contributed by atoms with Gasteiger partial charge in [0.25, 0.3) is 5.91 Å². The minimum atomic E-state index is -1.46. The van der Waals surface area contributed by atoms with Gasteiger partial charge in [-0.25, -0.2) is 0 Å². The van der Waals surface area contributed by atoms with Gasteiger partial charge in [0, 0.05) is 23.9 Å². The Morgan fingerprint density at radius 1 is 1.44 bits per heavy atom. The predicted octanol–water partition coefficient (Wildman–Crippen LogP) is -3.88. The van der Waals surface area contributed by atoms with Crippen molar-refractivity contribution in [3.05, 3.63) is 23.8 Å². The molecule has 0 radical (unpaired) electrons. The van der Waals surface area contributed by atoms with Crippen LogP contribution in [-0.2, 0) is 9.53 Å². The molecule has 1 aromatic carbocycles. The molecule has 0 atom stereocenters. The van der Waals surface area contributed by atoms with Crippen molar-refractivity contribution in [2.75, 3.05) is 24.7 Å². The largest absolute Gasteiger partial charge is 1.00 e. The molecule has 0 saturated carbocycles. The van der Waals surface area contributed by atoms with Crippen LogP contribution in [-0.4, -0.2) is 36.7 Å². The van der Waals surface area contributed by atoms with Crippen molar-refractivity contribution in [3.63, 3.8) is 0 Å². The normalized spacial score (nSPS) is 15.1. The first kappa shape index (κ1) is 15.0. The number of carbonyl (C=O) groups is 2. The van der Waals surface area contributed by atoms with Crippen LogP contribution in [0.4, 0.5) is 5.69 Å². The molecule has 1 aromatic rings. The number of carbonyl (C=O) groups excluding carboxylic acids is 2. The van der Waals surface area contributed by atoms with Gasteiger partial charge < -0.3 is 24.6 Å². The fourth-order valence-corrected chi connectivity index (χ4v) is 1.65. The number of anilines is 1. The number of benzene rings is 1. The van der Waals surface area contributed by atoms with E-state index in [1.165, 1.54) is 23.1 Å². The molecular formula is C11H10NNaO5. The fourth-order valence-electron chi connectivity index (χ4n) is 1.65. The third kappa shape index (κ3) is 3.02. The summed E-state index contributed by atoms with van der Waals surface area (Å²) >= 11 is 0. The Morgan fingerprint density at radius 2 is 2.17 bits per heavy atom. The van der Waals surface area contributed by atoms with Gasteiger partial charge in [0.15, 0.2) is 0 Å². The first-order chi connectivity index (χ1) is 8.09. The Kier molecular flexibility index (Phi) is 5.15. The Hall–Kier alpha value is -1.08. The molecule has 90 valence electrons. The average molecular weight is 259 g/mol. The van der Waals surface area contributed by atoms with Crippen molar-refractivity contribution in [1.82, 2.24) is 0 Å². The van der Waals surface area contributed by atoms with Gasteiger partial charge in [-0.2, -0.15) is 0 Å². The van der Waals surface area contributed by atoms with E-state index in [1.54, 1.807) is 0 Å². The summed E-state index contributed by atoms with van der Waals surface area (Å²) in [7, 11) is 0. The van der Waals surface area contributed by atoms with E-state index in [0.29, 0.717) is 18.8 Å². The number of aromatic hydroxyl groups is 1. The van der Waals surface area contributed by atoms with Gasteiger partial charge in [0.1, 0.15) is 12.4 Å². The first-order valence-corrected chi connectivity index (χ1v) is 5.02. The summed E-state index contributed by atoms with van der Waals surface area (Å²) in [6.45, 7) is 0.778. The summed E-state index contributed by atoms with van der Waals surface area (Å²) in [6.07, 6.45) is 0. The molecule has 1 heterocycles. The minimum absolute atomic E-state index is 0. The number of rotatable bonds is 2. The number of nitrogens with zero attached hydrogens (tertiary/aromatic N) is 1. The molecule has 7 heteroatoms. The number of aromatic carboxylic acids is 1. The molecule has 0 bridgehead atoms. The number of phenols is 1. The van der Waals surface area contributed by atoms with E-state index in [0.717, 1.165) is 0 Å². The maximum absolute atomic E-state index is 11.5. The van der Waals surface area contributed by atoms with Crippen molar-refractivity contribution in [2.45, 2.75) is 0 Å². The fraction of sp³-hybridized carbons (Fsp3) is 0.273. The standard InChI is InChI=1S/C11H11NO5.Na/c13-9-5-7(1-2-8(9)11(15)16)12-3-4-17-6-10(12)14;/h1-2,5,13H,3-4,6H2,(H,15,16);/q;+1/p-1. The van der Waals surface area contributed by atoms with E-state index in [-0.39, 0.29) is 47.6 Å². The van der Waals surface area contributed by atoms with Crippen LogP contribution in [0.25, 0.3) is 0 Å². The van der Waals surface area contributed by atoms with Crippen LogP contribution in [0.5, 0.6) is 5.75 Å². The molecule has 1 saturated heterocycles. The van der Waals surface area contributed by atoms with Gasteiger partial charge in [-0.1, -0.05) is 0 Å². The zero-order valence-electron chi connectivity index (χ0n) is 9.88. The zero-order valence-corrected chi connectivity index (χ0v) is 11.9. The number of hydrogen-bond acceptors (Lipinski definition) is 5. The molecule has 2 rings (SSSR count). The van der Waals surface area contributed by atoms with E-state index >= 15 is 0 Å². The third-order valence-electron chi connectivity index (χ3n) is 2.50. The minimum Gasteiger partial charge on any atom is -0.545 e. The van der Waals surface area contributed by atoms with Gasteiger partial charge in [-0.3, -0.25) is 4.79 Å². The van der Waals surface area contributed by atoms with Crippen LogP contribution < -0.4 is 39.6 Å². The Bertz CT molecular complexity index is 477. The van der Waals surface area contributed by atoms with E-state index in [2.05, 4.69) is 0 Å². The van der Waals surface area contributed by atoms with Crippen LogP contribution >= 0.6 is 0 Å². The molecule has 0 aliphatic carbocycles. The maximum Gasteiger partial charge on any atom is 1.00 e. The number of ether oxygens (including phenoxy) is 1. The van der Waals surface area contributed by atoms with Crippen LogP contribution in [0.15, 0.2) is 18.2 Å². The molecule has 1 aliphatic rings. The SMILES string of the molecule is O=C([O-])c1ccc(N2CCOCC2=O)cc1O.[Na+]. The summed E-state index contributed by atoms with van der Waals surface area (Å²) in [5.41, 5.74) is 0.148. The molecule has 0 aromatic heterocycles. The molecule has 0 unspecified atom stereocenters. The van der Waals surface area contributed by atoms with Gasteiger partial charge in [0.2, 0.25) is 0 Å². The van der Waals surface area contributed by atoms with Crippen molar-refractivity contribution in [2.24, 2.45) is 0 Å². The quantitative estimate of drug-likeness (QED) is 0.549. The van der Waals surface area contributed by atoms with E-state index < -0.39 is 11.7 Å². The van der Waals surface area contributed by atoms with Crippen LogP contribution in [0.1, 0.15) is 10.4 Å². The number of amides is 1. The Labute approximate surface area is 125 Å². The van der Waals surface area contributed by atoms with Crippen molar-refractivity contribution < 1.29 is 54.1 Å². The third-order valence-corrected chi connectivity index (χ3v) is 2.50. The van der Waals surface area contributed by atoms with Gasteiger partial charge in [-0.05, 0) is 12.1 Å². The second-order valence-corrected chi connectivity index (χ2v) is 3.59. The monoisotopic (exact) mass is 259 g/mol. The average Bonchev–Trinajstić information content (AvgIpc) is 2.29. The van der Waals surface area contributed by atoms with Crippen molar-refractivity contribution >= 4 is 17.6 Å². The van der Waals surface area contributed by atoms with E-state index in [9.17, 15) is 19.8 Å². The van der Waals surface area contributed by atoms with Gasteiger partial charge >= 0.3 is 29.6 Å². The van der Waals surface area contributed by atoms with Gasteiger partial charge in [0.05, 0.1) is 12.6 Å². The molecule has 18 heavy (non-hydrogen) atoms. The molecule has 1 fully saturated rings. The summed E-state index contributed by atoms with van der Waals surface area (Å²) in [4.78, 5) is 23.6. The van der Waals surface area contributed by atoms with E-state index in [1.807, 2.05) is 0 Å². The molecule has 6 nitrogen and oxygen atoms in total. The number of carboxylic acids is 1. The Balaban J connectivity index is 0.00000162. The number of hydrogen-bond donors (Lipinski definition) is 1.